The van der Waals surface area contributed by atoms with E-state index in [2.05, 4.69) is 35.6 Å². The second kappa shape index (κ2) is 5.43. The lowest BCUT2D eigenvalue weighted by atomic mass is 10.0. The molecule has 0 saturated carbocycles. The lowest BCUT2D eigenvalue weighted by Crippen LogP contribution is -2.53. The Kier molecular flexibility index (Phi) is 4.06. The van der Waals surface area contributed by atoms with Gasteiger partial charge in [-0.15, -0.1) is 0 Å². The summed E-state index contributed by atoms with van der Waals surface area (Å²) in [4.78, 5) is 8.67. The van der Waals surface area contributed by atoms with E-state index in [0.717, 1.165) is 26.2 Å². The number of aromatic nitrogens is 1. The molecule has 0 amide bonds. The number of halogens is 1. The van der Waals surface area contributed by atoms with Crippen molar-refractivity contribution in [2.45, 2.75) is 32.9 Å². The Morgan fingerprint density at radius 3 is 2.42 bits per heavy atom. The molecule has 1 fully saturated rings. The van der Waals surface area contributed by atoms with Crippen LogP contribution in [0.15, 0.2) is 12.3 Å². The van der Waals surface area contributed by atoms with Gasteiger partial charge in [0.25, 0.3) is 0 Å². The molecule has 106 valence electrons. The van der Waals surface area contributed by atoms with Gasteiger partial charge >= 0.3 is 0 Å². The second-order valence-corrected chi connectivity index (χ2v) is 5.94. The lowest BCUT2D eigenvalue weighted by Gasteiger charge is -2.42. The molecule has 0 spiro atoms. The molecule has 0 aliphatic carbocycles. The summed E-state index contributed by atoms with van der Waals surface area (Å²) in [5, 5.41) is 9.31. The summed E-state index contributed by atoms with van der Waals surface area (Å²) in [6.07, 6.45) is 1.21. The van der Waals surface area contributed by atoms with E-state index in [0.29, 0.717) is 11.4 Å². The van der Waals surface area contributed by atoms with Crippen LogP contribution in [-0.4, -0.2) is 46.7 Å². The molecule has 19 heavy (non-hydrogen) atoms. The van der Waals surface area contributed by atoms with Gasteiger partial charge in [0.15, 0.2) is 0 Å². The Morgan fingerprint density at radius 1 is 1.26 bits per heavy atom. The van der Waals surface area contributed by atoms with Gasteiger partial charge in [-0.25, -0.2) is 9.37 Å². The SMILES string of the molecule is CC(C)(C)N1CCN(c2ncc(F)cc2CO)CC1. The van der Waals surface area contributed by atoms with Crippen LogP contribution < -0.4 is 4.90 Å². The summed E-state index contributed by atoms with van der Waals surface area (Å²) in [5.41, 5.74) is 0.728. The zero-order valence-corrected chi connectivity index (χ0v) is 11.9. The van der Waals surface area contributed by atoms with Gasteiger partial charge in [0.1, 0.15) is 11.6 Å². The zero-order chi connectivity index (χ0) is 14.0. The van der Waals surface area contributed by atoms with Gasteiger partial charge in [-0.05, 0) is 26.8 Å². The van der Waals surface area contributed by atoms with Crippen molar-refractivity contribution >= 4 is 5.82 Å². The van der Waals surface area contributed by atoms with Crippen molar-refractivity contribution in [1.82, 2.24) is 9.88 Å². The number of anilines is 1. The summed E-state index contributed by atoms with van der Waals surface area (Å²) in [7, 11) is 0. The van der Waals surface area contributed by atoms with E-state index in [4.69, 9.17) is 0 Å². The van der Waals surface area contributed by atoms with Gasteiger partial charge in [-0.3, -0.25) is 4.90 Å². The monoisotopic (exact) mass is 267 g/mol. The molecule has 0 unspecified atom stereocenters. The second-order valence-electron chi connectivity index (χ2n) is 5.94. The maximum absolute atomic E-state index is 13.1. The molecule has 1 aliphatic rings. The number of piperazine rings is 1. The third kappa shape index (κ3) is 3.22. The first-order valence-electron chi connectivity index (χ1n) is 6.67. The van der Waals surface area contributed by atoms with Crippen molar-refractivity contribution in [1.29, 1.82) is 0 Å². The van der Waals surface area contributed by atoms with E-state index >= 15 is 0 Å². The number of hydrogen-bond donors (Lipinski definition) is 1. The molecular formula is C14H22FN3O. The smallest absolute Gasteiger partial charge is 0.142 e. The highest BCUT2D eigenvalue weighted by Crippen LogP contribution is 2.22. The Bertz CT molecular complexity index is 437. The van der Waals surface area contributed by atoms with Crippen LogP contribution in [0.5, 0.6) is 0 Å². The van der Waals surface area contributed by atoms with Crippen molar-refractivity contribution in [3.63, 3.8) is 0 Å². The number of pyridine rings is 1. The average Bonchev–Trinajstić information content (AvgIpc) is 2.37. The van der Waals surface area contributed by atoms with Crippen LogP contribution in [0.3, 0.4) is 0 Å². The number of rotatable bonds is 2. The van der Waals surface area contributed by atoms with E-state index in [9.17, 15) is 9.50 Å². The summed E-state index contributed by atoms with van der Waals surface area (Å²) in [5.74, 6) is 0.304. The van der Waals surface area contributed by atoms with Gasteiger partial charge < -0.3 is 10.0 Å². The van der Waals surface area contributed by atoms with Crippen molar-refractivity contribution in [3.8, 4) is 0 Å². The fraction of sp³-hybridized carbons (Fsp3) is 0.643. The number of aliphatic hydroxyl groups excluding tert-OH is 1. The molecule has 0 atom stereocenters. The minimum absolute atomic E-state index is 0.169. The van der Waals surface area contributed by atoms with Crippen LogP contribution in [0, 0.1) is 5.82 Å². The molecule has 4 nitrogen and oxygen atoms in total. The van der Waals surface area contributed by atoms with Crippen LogP contribution in [0.4, 0.5) is 10.2 Å². The van der Waals surface area contributed by atoms with E-state index in [-0.39, 0.29) is 12.1 Å². The van der Waals surface area contributed by atoms with Gasteiger partial charge in [-0.2, -0.15) is 0 Å². The first kappa shape index (κ1) is 14.2. The van der Waals surface area contributed by atoms with Crippen LogP contribution in [-0.2, 0) is 6.61 Å². The molecule has 2 rings (SSSR count). The van der Waals surface area contributed by atoms with Crippen molar-refractivity contribution in [2.24, 2.45) is 0 Å². The maximum Gasteiger partial charge on any atom is 0.142 e. The Labute approximate surface area is 113 Å². The number of aliphatic hydroxyl groups is 1. The van der Waals surface area contributed by atoms with Crippen molar-refractivity contribution < 1.29 is 9.50 Å². The van der Waals surface area contributed by atoms with E-state index in [1.807, 2.05) is 0 Å². The molecule has 1 aromatic heterocycles. The van der Waals surface area contributed by atoms with Crippen LogP contribution in [0.2, 0.25) is 0 Å². The molecule has 0 bridgehead atoms. The quantitative estimate of drug-likeness (QED) is 0.884. The molecular weight excluding hydrogens is 245 g/mol. The zero-order valence-electron chi connectivity index (χ0n) is 11.9. The molecule has 0 aromatic carbocycles. The predicted octanol–water partition coefficient (Wildman–Crippen LogP) is 1.63. The summed E-state index contributed by atoms with van der Waals surface area (Å²) >= 11 is 0. The van der Waals surface area contributed by atoms with Gasteiger partial charge in [0.2, 0.25) is 0 Å². The van der Waals surface area contributed by atoms with E-state index in [1.165, 1.54) is 12.3 Å². The van der Waals surface area contributed by atoms with Gasteiger partial charge in [-0.1, -0.05) is 0 Å². The van der Waals surface area contributed by atoms with Gasteiger partial charge in [0.05, 0.1) is 12.8 Å². The number of hydrogen-bond acceptors (Lipinski definition) is 4. The van der Waals surface area contributed by atoms with Crippen LogP contribution >= 0.6 is 0 Å². The fourth-order valence-corrected chi connectivity index (χ4v) is 2.46. The third-order valence-corrected chi connectivity index (χ3v) is 3.61. The highest BCUT2D eigenvalue weighted by atomic mass is 19.1. The normalized spacial score (nSPS) is 17.8. The maximum atomic E-state index is 13.1. The molecule has 1 saturated heterocycles. The van der Waals surface area contributed by atoms with Crippen molar-refractivity contribution in [2.75, 3.05) is 31.1 Å². The van der Waals surface area contributed by atoms with Crippen LogP contribution in [0.1, 0.15) is 26.3 Å². The van der Waals surface area contributed by atoms with Gasteiger partial charge in [0, 0.05) is 37.3 Å². The predicted molar refractivity (Wildman–Crippen MR) is 73.7 cm³/mol. The minimum atomic E-state index is -0.402. The molecule has 2 heterocycles. The largest absolute Gasteiger partial charge is 0.392 e. The first-order valence-corrected chi connectivity index (χ1v) is 6.67. The average molecular weight is 267 g/mol. The highest BCUT2D eigenvalue weighted by Gasteiger charge is 2.27. The van der Waals surface area contributed by atoms with Crippen molar-refractivity contribution in [3.05, 3.63) is 23.6 Å². The summed E-state index contributed by atoms with van der Waals surface area (Å²) < 4.78 is 13.1. The van der Waals surface area contributed by atoms with E-state index in [1.54, 1.807) is 0 Å². The minimum Gasteiger partial charge on any atom is -0.392 e. The topological polar surface area (TPSA) is 39.6 Å². The summed E-state index contributed by atoms with van der Waals surface area (Å²) in [6.45, 7) is 10.0. The third-order valence-electron chi connectivity index (χ3n) is 3.61. The molecule has 0 radical (unpaired) electrons. The molecule has 1 aliphatic heterocycles. The molecule has 1 aromatic rings. The Balaban J connectivity index is 2.10. The molecule has 1 N–H and O–H groups in total. The Hall–Kier alpha value is -1.20. The summed E-state index contributed by atoms with van der Waals surface area (Å²) in [6, 6.07) is 1.36. The van der Waals surface area contributed by atoms with E-state index < -0.39 is 5.82 Å². The standard InChI is InChI=1S/C14H22FN3O/c1-14(2,3)18-6-4-17(5-7-18)13-11(10-19)8-12(15)9-16-13/h8-9,19H,4-7,10H2,1-3H3. The molecule has 5 heteroatoms. The lowest BCUT2D eigenvalue weighted by molar-refractivity contribution is 0.128. The fourth-order valence-electron chi connectivity index (χ4n) is 2.46. The Morgan fingerprint density at radius 2 is 1.89 bits per heavy atom. The highest BCUT2D eigenvalue weighted by molar-refractivity contribution is 5.47. The van der Waals surface area contributed by atoms with Crippen LogP contribution in [0.25, 0.3) is 0 Å². The number of nitrogens with zero attached hydrogens (tertiary/aromatic N) is 3. The first-order chi connectivity index (χ1) is 8.91.